The minimum Gasteiger partial charge on any atom is -0.465 e. The third kappa shape index (κ3) is 5.48. The molecule has 0 aliphatic heterocycles. The van der Waals surface area contributed by atoms with Crippen molar-refractivity contribution in [1.29, 1.82) is 0 Å². The van der Waals surface area contributed by atoms with E-state index in [9.17, 15) is 14.4 Å². The molecule has 0 fully saturated rings. The Morgan fingerprint density at radius 2 is 1.52 bits per heavy atom. The molecule has 1 amide bonds. The van der Waals surface area contributed by atoms with Gasteiger partial charge in [0.05, 0.1) is 18.2 Å². The number of methoxy groups -OCH3 is 1. The molecule has 2 aromatic rings. The van der Waals surface area contributed by atoms with Crippen molar-refractivity contribution in [2.45, 2.75) is 0 Å². The number of ether oxygens (including phenoxy) is 2. The first-order chi connectivity index (χ1) is 11.9. The van der Waals surface area contributed by atoms with Gasteiger partial charge in [0.15, 0.2) is 6.61 Å². The molecular formula is C17H13Cl2NO5. The van der Waals surface area contributed by atoms with Crippen molar-refractivity contribution in [3.8, 4) is 0 Å². The first kappa shape index (κ1) is 18.8. The Morgan fingerprint density at radius 1 is 0.920 bits per heavy atom. The van der Waals surface area contributed by atoms with Gasteiger partial charge in [0.1, 0.15) is 0 Å². The fourth-order valence-corrected chi connectivity index (χ4v) is 2.42. The number of anilines is 1. The molecule has 0 aliphatic carbocycles. The zero-order chi connectivity index (χ0) is 18.4. The van der Waals surface area contributed by atoms with Crippen LogP contribution in [0.3, 0.4) is 0 Å². The molecule has 0 spiro atoms. The molecule has 2 aromatic carbocycles. The Labute approximate surface area is 153 Å². The van der Waals surface area contributed by atoms with E-state index in [1.807, 2.05) is 0 Å². The van der Waals surface area contributed by atoms with Crippen LogP contribution in [0.1, 0.15) is 20.7 Å². The van der Waals surface area contributed by atoms with Gasteiger partial charge in [-0.2, -0.15) is 0 Å². The lowest BCUT2D eigenvalue weighted by Crippen LogP contribution is -2.21. The average molecular weight is 382 g/mol. The zero-order valence-electron chi connectivity index (χ0n) is 13.0. The summed E-state index contributed by atoms with van der Waals surface area (Å²) in [6, 6.07) is 10.3. The second kappa shape index (κ2) is 8.50. The summed E-state index contributed by atoms with van der Waals surface area (Å²) in [5.74, 6) is -1.74. The van der Waals surface area contributed by atoms with E-state index < -0.39 is 24.5 Å². The van der Waals surface area contributed by atoms with Crippen molar-refractivity contribution >= 4 is 46.7 Å². The molecule has 2 rings (SSSR count). The summed E-state index contributed by atoms with van der Waals surface area (Å²) in [5.41, 5.74) is 0.942. The molecule has 0 saturated carbocycles. The van der Waals surface area contributed by atoms with Gasteiger partial charge < -0.3 is 14.8 Å². The number of hydrogen-bond acceptors (Lipinski definition) is 5. The fraction of sp³-hybridized carbons (Fsp3) is 0.118. The number of amides is 1. The van der Waals surface area contributed by atoms with Crippen LogP contribution in [0, 0.1) is 0 Å². The molecule has 130 valence electrons. The average Bonchev–Trinajstić information content (AvgIpc) is 2.58. The molecular weight excluding hydrogens is 369 g/mol. The van der Waals surface area contributed by atoms with Crippen molar-refractivity contribution < 1.29 is 23.9 Å². The third-order valence-electron chi connectivity index (χ3n) is 3.02. The minimum absolute atomic E-state index is 0.146. The fourth-order valence-electron chi connectivity index (χ4n) is 1.89. The van der Waals surface area contributed by atoms with Gasteiger partial charge >= 0.3 is 11.9 Å². The predicted molar refractivity (Wildman–Crippen MR) is 93.2 cm³/mol. The van der Waals surface area contributed by atoms with E-state index in [0.717, 1.165) is 0 Å². The molecule has 1 N–H and O–H groups in total. The van der Waals surface area contributed by atoms with Gasteiger partial charge in [-0.1, -0.05) is 23.2 Å². The van der Waals surface area contributed by atoms with Crippen LogP contribution in [0.2, 0.25) is 10.0 Å². The lowest BCUT2D eigenvalue weighted by atomic mass is 10.2. The van der Waals surface area contributed by atoms with Crippen LogP contribution in [0.4, 0.5) is 5.69 Å². The molecule has 0 unspecified atom stereocenters. The highest BCUT2D eigenvalue weighted by Crippen LogP contribution is 2.19. The highest BCUT2D eigenvalue weighted by Gasteiger charge is 2.12. The number of esters is 2. The second-order valence-corrected chi connectivity index (χ2v) is 5.72. The van der Waals surface area contributed by atoms with E-state index in [0.29, 0.717) is 11.3 Å². The smallest absolute Gasteiger partial charge is 0.338 e. The second-order valence-electron chi connectivity index (χ2n) is 4.85. The summed E-state index contributed by atoms with van der Waals surface area (Å²) >= 11 is 11.6. The first-order valence-electron chi connectivity index (χ1n) is 7.00. The van der Waals surface area contributed by atoms with Crippen molar-refractivity contribution in [1.82, 2.24) is 0 Å². The van der Waals surface area contributed by atoms with Gasteiger partial charge in [0, 0.05) is 15.7 Å². The van der Waals surface area contributed by atoms with Crippen LogP contribution in [0.25, 0.3) is 0 Å². The van der Waals surface area contributed by atoms with E-state index in [-0.39, 0.29) is 15.6 Å². The van der Waals surface area contributed by atoms with Crippen LogP contribution in [-0.4, -0.2) is 31.6 Å². The Kier molecular flexibility index (Phi) is 6.38. The monoisotopic (exact) mass is 381 g/mol. The number of halogens is 2. The lowest BCUT2D eigenvalue weighted by Gasteiger charge is -2.08. The number of carbonyl (C=O) groups is 3. The number of hydrogen-bond donors (Lipinski definition) is 1. The van der Waals surface area contributed by atoms with Gasteiger partial charge in [-0.3, -0.25) is 4.79 Å². The summed E-state index contributed by atoms with van der Waals surface area (Å²) in [7, 11) is 1.28. The van der Waals surface area contributed by atoms with Crippen LogP contribution < -0.4 is 5.32 Å². The van der Waals surface area contributed by atoms with Gasteiger partial charge in [0.2, 0.25) is 0 Å². The van der Waals surface area contributed by atoms with E-state index in [1.165, 1.54) is 49.6 Å². The van der Waals surface area contributed by atoms with Crippen LogP contribution in [0.5, 0.6) is 0 Å². The topological polar surface area (TPSA) is 81.7 Å². The Bertz CT molecular complexity index is 785. The standard InChI is InChI=1S/C17H13Cl2NO5/c1-24-16(22)10-2-4-14(5-3-10)20-15(21)9-25-17(23)11-6-12(18)8-13(19)7-11/h2-8H,9H2,1H3,(H,20,21). The van der Waals surface area contributed by atoms with Crippen LogP contribution in [-0.2, 0) is 14.3 Å². The summed E-state index contributed by atoms with van der Waals surface area (Å²) < 4.78 is 9.49. The lowest BCUT2D eigenvalue weighted by molar-refractivity contribution is -0.119. The summed E-state index contributed by atoms with van der Waals surface area (Å²) in [6.45, 7) is -0.484. The van der Waals surface area contributed by atoms with E-state index in [2.05, 4.69) is 10.1 Å². The molecule has 0 atom stereocenters. The number of nitrogens with one attached hydrogen (secondary N) is 1. The highest BCUT2D eigenvalue weighted by molar-refractivity contribution is 6.35. The van der Waals surface area contributed by atoms with E-state index in [1.54, 1.807) is 0 Å². The van der Waals surface area contributed by atoms with Crippen molar-refractivity contribution in [2.24, 2.45) is 0 Å². The summed E-state index contributed by atoms with van der Waals surface area (Å²) in [5, 5.41) is 3.11. The van der Waals surface area contributed by atoms with Crippen LogP contribution >= 0.6 is 23.2 Å². The molecule has 0 aromatic heterocycles. The molecule has 6 nitrogen and oxygen atoms in total. The van der Waals surface area contributed by atoms with Crippen molar-refractivity contribution in [2.75, 3.05) is 19.0 Å². The van der Waals surface area contributed by atoms with Gasteiger partial charge in [0.25, 0.3) is 5.91 Å². The van der Waals surface area contributed by atoms with Crippen molar-refractivity contribution in [3.05, 3.63) is 63.6 Å². The van der Waals surface area contributed by atoms with E-state index >= 15 is 0 Å². The maximum absolute atomic E-state index is 11.9. The molecule has 0 heterocycles. The Hall–Kier alpha value is -2.57. The maximum Gasteiger partial charge on any atom is 0.338 e. The summed E-state index contributed by atoms with van der Waals surface area (Å²) in [4.78, 5) is 35.0. The van der Waals surface area contributed by atoms with E-state index in [4.69, 9.17) is 27.9 Å². The maximum atomic E-state index is 11.9. The Balaban J connectivity index is 1.90. The van der Waals surface area contributed by atoms with Crippen molar-refractivity contribution in [3.63, 3.8) is 0 Å². The number of benzene rings is 2. The Morgan fingerprint density at radius 3 is 2.08 bits per heavy atom. The molecule has 0 radical (unpaired) electrons. The van der Waals surface area contributed by atoms with Gasteiger partial charge in [-0.25, -0.2) is 9.59 Å². The predicted octanol–water partition coefficient (Wildman–Crippen LogP) is 3.58. The number of carbonyl (C=O) groups excluding carboxylic acids is 3. The molecule has 25 heavy (non-hydrogen) atoms. The zero-order valence-corrected chi connectivity index (χ0v) is 14.6. The molecule has 0 saturated heterocycles. The third-order valence-corrected chi connectivity index (χ3v) is 3.46. The SMILES string of the molecule is COC(=O)c1ccc(NC(=O)COC(=O)c2cc(Cl)cc(Cl)c2)cc1. The van der Waals surface area contributed by atoms with Gasteiger partial charge in [-0.05, 0) is 42.5 Å². The number of rotatable bonds is 5. The molecule has 8 heteroatoms. The molecule has 0 aliphatic rings. The van der Waals surface area contributed by atoms with Crippen LogP contribution in [0.15, 0.2) is 42.5 Å². The largest absolute Gasteiger partial charge is 0.465 e. The van der Waals surface area contributed by atoms with Gasteiger partial charge in [-0.15, -0.1) is 0 Å². The first-order valence-corrected chi connectivity index (χ1v) is 7.76. The quantitative estimate of drug-likeness (QED) is 0.800. The normalized spacial score (nSPS) is 10.0. The molecule has 0 bridgehead atoms. The highest BCUT2D eigenvalue weighted by atomic mass is 35.5. The minimum atomic E-state index is -0.722. The summed E-state index contributed by atoms with van der Waals surface area (Å²) in [6.07, 6.45) is 0.